The normalized spacial score (nSPS) is 13.7. The van der Waals surface area contributed by atoms with E-state index in [0.717, 1.165) is 44.2 Å². The van der Waals surface area contributed by atoms with Gasteiger partial charge >= 0.3 is 0 Å². The topological polar surface area (TPSA) is 46.5 Å². The largest absolute Gasteiger partial charge is 0.354 e. The van der Waals surface area contributed by atoms with E-state index in [9.17, 15) is 0 Å². The van der Waals surface area contributed by atoms with Gasteiger partial charge in [-0.2, -0.15) is 0 Å². The molecule has 9 aromatic rings. The maximum atomic E-state index is 5.33. The van der Waals surface area contributed by atoms with Crippen molar-refractivity contribution in [3.05, 3.63) is 139 Å². The highest BCUT2D eigenvalue weighted by atomic mass is 15.2. The molecule has 10 rings (SSSR count). The van der Waals surface area contributed by atoms with Gasteiger partial charge in [0.2, 0.25) is 5.95 Å². The van der Waals surface area contributed by atoms with E-state index >= 15 is 0 Å². The second kappa shape index (κ2) is 8.67. The Labute approximate surface area is 261 Å². The summed E-state index contributed by atoms with van der Waals surface area (Å²) in [5, 5.41) is 5.85. The van der Waals surface area contributed by atoms with Gasteiger partial charge in [-0.05, 0) is 52.6 Å². The van der Waals surface area contributed by atoms with E-state index in [1.165, 1.54) is 43.8 Å². The first kappa shape index (κ1) is 24.7. The van der Waals surface area contributed by atoms with Crippen molar-refractivity contribution in [2.45, 2.75) is 19.3 Å². The van der Waals surface area contributed by atoms with Gasteiger partial charge < -0.3 is 4.98 Å². The van der Waals surface area contributed by atoms with E-state index in [4.69, 9.17) is 9.97 Å². The first-order valence-electron chi connectivity index (χ1n) is 15.5. The molecule has 1 aliphatic carbocycles. The lowest BCUT2D eigenvalue weighted by Crippen LogP contribution is -2.14. The number of nitrogens with one attached hydrogen (secondary N) is 1. The van der Waals surface area contributed by atoms with Gasteiger partial charge in [-0.15, -0.1) is 0 Å². The van der Waals surface area contributed by atoms with Crippen LogP contribution in [0.25, 0.3) is 82.8 Å². The van der Waals surface area contributed by atoms with Crippen LogP contribution in [0.3, 0.4) is 0 Å². The van der Waals surface area contributed by atoms with Crippen LogP contribution in [-0.2, 0) is 5.41 Å². The summed E-state index contributed by atoms with van der Waals surface area (Å²) in [7, 11) is 0. The SMILES string of the molecule is CC1(C)c2ccccc2-c2cc3[nH]c4ccc5c6ccccc6n(-c6nc(-c7ccccc7)c7ccccc7n6)c5c4c3cc21.[HH]. The van der Waals surface area contributed by atoms with Crippen molar-refractivity contribution in [2.24, 2.45) is 0 Å². The average molecular weight is 579 g/mol. The third-order valence-electron chi connectivity index (χ3n) is 9.94. The molecule has 0 aliphatic heterocycles. The predicted molar refractivity (Wildman–Crippen MR) is 188 cm³/mol. The highest BCUT2D eigenvalue weighted by Crippen LogP contribution is 2.51. The summed E-state index contributed by atoms with van der Waals surface area (Å²) in [5.41, 5.74) is 12.7. The Hall–Kier alpha value is -5.74. The number of benzene rings is 6. The van der Waals surface area contributed by atoms with E-state index in [2.05, 4.69) is 145 Å². The molecule has 3 heterocycles. The third-order valence-corrected chi connectivity index (χ3v) is 9.94. The molecule has 0 radical (unpaired) electrons. The molecular weight excluding hydrogens is 548 g/mol. The maximum Gasteiger partial charge on any atom is 0.235 e. The number of nitrogens with zero attached hydrogens (tertiary/aromatic N) is 3. The van der Waals surface area contributed by atoms with Crippen LogP contribution in [-0.4, -0.2) is 19.5 Å². The summed E-state index contributed by atoms with van der Waals surface area (Å²) in [4.78, 5) is 14.4. The lowest BCUT2D eigenvalue weighted by Gasteiger charge is -2.21. The van der Waals surface area contributed by atoms with Crippen molar-refractivity contribution >= 4 is 54.5 Å². The molecule has 1 N–H and O–H groups in total. The van der Waals surface area contributed by atoms with Crippen molar-refractivity contribution < 1.29 is 1.43 Å². The van der Waals surface area contributed by atoms with Gasteiger partial charge in [0.05, 0.1) is 22.2 Å². The zero-order valence-corrected chi connectivity index (χ0v) is 25.0. The van der Waals surface area contributed by atoms with Crippen molar-refractivity contribution in [2.75, 3.05) is 0 Å². The number of hydrogen-bond acceptors (Lipinski definition) is 2. The molecule has 0 atom stereocenters. The van der Waals surface area contributed by atoms with Crippen LogP contribution in [0, 0.1) is 0 Å². The van der Waals surface area contributed by atoms with Gasteiger partial charge in [0, 0.05) is 50.4 Å². The number of fused-ring (bicyclic) bond motifs is 11. The van der Waals surface area contributed by atoms with Crippen LogP contribution in [0.2, 0.25) is 0 Å². The summed E-state index contributed by atoms with van der Waals surface area (Å²) in [6.45, 7) is 4.69. The Morgan fingerprint density at radius 3 is 2.24 bits per heavy atom. The van der Waals surface area contributed by atoms with E-state index in [-0.39, 0.29) is 6.84 Å². The van der Waals surface area contributed by atoms with Crippen LogP contribution in [0.1, 0.15) is 26.4 Å². The first-order valence-corrected chi connectivity index (χ1v) is 15.5. The Morgan fingerprint density at radius 2 is 1.36 bits per heavy atom. The van der Waals surface area contributed by atoms with Crippen LogP contribution in [0.5, 0.6) is 0 Å². The summed E-state index contributed by atoms with van der Waals surface area (Å²) in [5.74, 6) is 0.675. The van der Waals surface area contributed by atoms with Crippen molar-refractivity contribution in [1.29, 1.82) is 0 Å². The molecular formula is C41H30N4. The molecule has 0 saturated heterocycles. The minimum absolute atomic E-state index is 0. The van der Waals surface area contributed by atoms with Gasteiger partial charge in [-0.3, -0.25) is 4.57 Å². The molecule has 6 aromatic carbocycles. The molecule has 0 unspecified atom stereocenters. The number of rotatable bonds is 2. The smallest absolute Gasteiger partial charge is 0.235 e. The lowest BCUT2D eigenvalue weighted by atomic mass is 9.82. The van der Waals surface area contributed by atoms with E-state index < -0.39 is 0 Å². The van der Waals surface area contributed by atoms with Gasteiger partial charge in [0.1, 0.15) is 0 Å². The second-order valence-corrected chi connectivity index (χ2v) is 12.7. The quantitative estimate of drug-likeness (QED) is 0.222. The molecule has 0 bridgehead atoms. The van der Waals surface area contributed by atoms with E-state index in [1.807, 2.05) is 6.07 Å². The fourth-order valence-electron chi connectivity index (χ4n) is 7.83. The minimum atomic E-state index is -0.0869. The highest BCUT2D eigenvalue weighted by Gasteiger charge is 2.36. The zero-order valence-electron chi connectivity index (χ0n) is 25.0. The van der Waals surface area contributed by atoms with Crippen molar-refractivity contribution in [3.8, 4) is 28.3 Å². The lowest BCUT2D eigenvalue weighted by molar-refractivity contribution is 0.661. The van der Waals surface area contributed by atoms with Gasteiger partial charge in [-0.25, -0.2) is 9.97 Å². The molecule has 0 amide bonds. The third kappa shape index (κ3) is 3.26. The van der Waals surface area contributed by atoms with Gasteiger partial charge in [0.25, 0.3) is 0 Å². The summed E-state index contributed by atoms with van der Waals surface area (Å²) in [6, 6.07) is 45.5. The Kier molecular flexibility index (Phi) is 4.76. The molecule has 3 aromatic heterocycles. The van der Waals surface area contributed by atoms with Crippen molar-refractivity contribution in [3.63, 3.8) is 0 Å². The molecule has 45 heavy (non-hydrogen) atoms. The van der Waals surface area contributed by atoms with Crippen LogP contribution in [0.15, 0.2) is 127 Å². The Bertz CT molecular complexity index is 2680. The van der Waals surface area contributed by atoms with Crippen molar-refractivity contribution in [1.82, 2.24) is 19.5 Å². The van der Waals surface area contributed by atoms with Crippen LogP contribution < -0.4 is 0 Å². The monoisotopic (exact) mass is 578 g/mol. The molecule has 4 nitrogen and oxygen atoms in total. The van der Waals surface area contributed by atoms with Gasteiger partial charge in [0.15, 0.2) is 0 Å². The number of hydrogen-bond donors (Lipinski definition) is 1. The molecule has 0 spiro atoms. The van der Waals surface area contributed by atoms with Gasteiger partial charge in [-0.1, -0.05) is 111 Å². The second-order valence-electron chi connectivity index (χ2n) is 12.7. The molecule has 0 saturated carbocycles. The standard InChI is InChI=1S/C41H28N4.H2/c1-41(2)31-17-9-6-14-25(31)29-23-35-30(22-32(29)41)37-34(42-35)21-20-27-26-15-8-11-19-36(26)45(39(27)37)40-43-33-18-10-7-16-28(33)38(44-40)24-12-4-3-5-13-24;/h3-23,42H,1-2H3;1H. The Morgan fingerprint density at radius 1 is 0.600 bits per heavy atom. The fourth-order valence-corrected chi connectivity index (χ4v) is 7.83. The average Bonchev–Trinajstić information content (AvgIpc) is 3.69. The molecule has 1 aliphatic rings. The molecule has 214 valence electrons. The molecule has 0 fully saturated rings. The fraction of sp³-hybridized carbons (Fsp3) is 0.0732. The highest BCUT2D eigenvalue weighted by molar-refractivity contribution is 6.25. The first-order chi connectivity index (χ1) is 22.1. The number of aromatic nitrogens is 4. The predicted octanol–water partition coefficient (Wildman–Crippen LogP) is 10.6. The molecule has 4 heteroatoms. The van der Waals surface area contributed by atoms with Crippen LogP contribution >= 0.6 is 0 Å². The zero-order chi connectivity index (χ0) is 29.9. The maximum absolute atomic E-state index is 5.33. The summed E-state index contributed by atoms with van der Waals surface area (Å²) in [6.07, 6.45) is 0. The summed E-state index contributed by atoms with van der Waals surface area (Å²) >= 11 is 0. The number of aromatic amines is 1. The van der Waals surface area contributed by atoms with E-state index in [1.54, 1.807) is 0 Å². The number of para-hydroxylation sites is 2. The van der Waals surface area contributed by atoms with E-state index in [0.29, 0.717) is 5.95 Å². The Balaban J connectivity index is 0.00000292. The minimum Gasteiger partial charge on any atom is -0.354 e. The van der Waals surface area contributed by atoms with Crippen LogP contribution in [0.4, 0.5) is 0 Å². The summed E-state index contributed by atoms with van der Waals surface area (Å²) < 4.78 is 2.28. The number of H-pyrrole nitrogens is 1.